The van der Waals surface area contributed by atoms with Crippen LogP contribution in [0.4, 0.5) is 0 Å². The lowest BCUT2D eigenvalue weighted by Gasteiger charge is -2.35. The van der Waals surface area contributed by atoms with Crippen LogP contribution < -0.4 is 5.32 Å². The predicted octanol–water partition coefficient (Wildman–Crippen LogP) is 2.11. The van der Waals surface area contributed by atoms with Crippen LogP contribution >= 0.6 is 0 Å². The minimum Gasteiger partial charge on any atom is -0.375 e. The summed E-state index contributed by atoms with van der Waals surface area (Å²) in [5.41, 5.74) is 0.0596. The molecule has 0 aromatic carbocycles. The molecule has 13 heavy (non-hydrogen) atoms. The number of hydrogen-bond acceptors (Lipinski definition) is 2. The summed E-state index contributed by atoms with van der Waals surface area (Å²) in [4.78, 5) is 0. The van der Waals surface area contributed by atoms with E-state index in [2.05, 4.69) is 25.7 Å². The lowest BCUT2D eigenvalue weighted by Crippen LogP contribution is -2.43. The van der Waals surface area contributed by atoms with Gasteiger partial charge in [-0.3, -0.25) is 0 Å². The second kappa shape index (κ2) is 4.77. The zero-order chi connectivity index (χ0) is 9.73. The molecule has 1 saturated heterocycles. The van der Waals surface area contributed by atoms with Crippen LogP contribution in [0.1, 0.15) is 33.1 Å². The van der Waals surface area contributed by atoms with Gasteiger partial charge in [0, 0.05) is 12.6 Å². The Kier molecular flexibility index (Phi) is 3.94. The Morgan fingerprint density at radius 3 is 3.00 bits per heavy atom. The van der Waals surface area contributed by atoms with E-state index >= 15 is 0 Å². The Balaban J connectivity index is 2.22. The fraction of sp³-hybridized carbons (Fsp3) is 0.818. The van der Waals surface area contributed by atoms with Crippen molar-refractivity contribution in [3.63, 3.8) is 0 Å². The first kappa shape index (κ1) is 10.7. The molecule has 1 atom stereocenters. The van der Waals surface area contributed by atoms with E-state index in [1.165, 1.54) is 0 Å². The van der Waals surface area contributed by atoms with Gasteiger partial charge in [0.05, 0.1) is 5.60 Å². The first-order valence-corrected chi connectivity index (χ1v) is 5.12. The molecule has 2 nitrogen and oxygen atoms in total. The van der Waals surface area contributed by atoms with Gasteiger partial charge in [-0.25, -0.2) is 0 Å². The molecular formula is C11H21NO. The molecule has 0 saturated carbocycles. The van der Waals surface area contributed by atoms with Gasteiger partial charge in [-0.05, 0) is 39.7 Å². The molecule has 1 aliphatic rings. The van der Waals surface area contributed by atoms with E-state index in [4.69, 9.17) is 4.74 Å². The van der Waals surface area contributed by atoms with Gasteiger partial charge in [0.2, 0.25) is 0 Å². The first-order valence-electron chi connectivity index (χ1n) is 5.12. The summed E-state index contributed by atoms with van der Waals surface area (Å²) in [6, 6.07) is 0.628. The van der Waals surface area contributed by atoms with E-state index in [0.717, 1.165) is 32.4 Å². The number of hydrogen-bond donors (Lipinski definition) is 1. The molecule has 2 heteroatoms. The van der Waals surface area contributed by atoms with Gasteiger partial charge in [-0.2, -0.15) is 0 Å². The molecule has 0 radical (unpaired) electrons. The van der Waals surface area contributed by atoms with Crippen LogP contribution in [0.15, 0.2) is 12.7 Å². The highest BCUT2D eigenvalue weighted by Gasteiger charge is 2.27. The van der Waals surface area contributed by atoms with E-state index in [-0.39, 0.29) is 5.60 Å². The molecule has 0 aliphatic carbocycles. The molecule has 0 aromatic heterocycles. The van der Waals surface area contributed by atoms with Crippen molar-refractivity contribution < 1.29 is 4.74 Å². The van der Waals surface area contributed by atoms with E-state index in [9.17, 15) is 0 Å². The number of nitrogens with one attached hydrogen (secondary N) is 1. The molecular weight excluding hydrogens is 162 g/mol. The normalized spacial score (nSPS) is 27.1. The van der Waals surface area contributed by atoms with Gasteiger partial charge in [-0.15, -0.1) is 6.58 Å². The first-order chi connectivity index (χ1) is 6.14. The van der Waals surface area contributed by atoms with Gasteiger partial charge < -0.3 is 10.1 Å². The van der Waals surface area contributed by atoms with Crippen molar-refractivity contribution in [3.8, 4) is 0 Å². The molecule has 1 aliphatic heterocycles. The van der Waals surface area contributed by atoms with Gasteiger partial charge in [0.1, 0.15) is 0 Å². The lowest BCUT2D eigenvalue weighted by molar-refractivity contribution is -0.0627. The number of ether oxygens (including phenoxy) is 1. The van der Waals surface area contributed by atoms with Gasteiger partial charge >= 0.3 is 0 Å². The van der Waals surface area contributed by atoms with Crippen LogP contribution in [0.5, 0.6) is 0 Å². The highest BCUT2D eigenvalue weighted by molar-refractivity contribution is 4.83. The molecule has 1 unspecified atom stereocenters. The molecule has 0 amide bonds. The summed E-state index contributed by atoms with van der Waals surface area (Å²) in [6.45, 7) is 9.96. The van der Waals surface area contributed by atoms with E-state index in [1.807, 2.05) is 6.08 Å². The Hall–Kier alpha value is -0.340. The molecule has 1 fully saturated rings. The number of rotatable bonds is 4. The predicted molar refractivity (Wildman–Crippen MR) is 55.9 cm³/mol. The van der Waals surface area contributed by atoms with Crippen LogP contribution in [0.25, 0.3) is 0 Å². The van der Waals surface area contributed by atoms with Crippen molar-refractivity contribution in [2.24, 2.45) is 0 Å². The fourth-order valence-electron chi connectivity index (χ4n) is 1.80. The van der Waals surface area contributed by atoms with Crippen LogP contribution in [0, 0.1) is 0 Å². The molecule has 1 heterocycles. The topological polar surface area (TPSA) is 21.3 Å². The minimum absolute atomic E-state index is 0.0596. The molecule has 1 N–H and O–H groups in total. The highest BCUT2D eigenvalue weighted by atomic mass is 16.5. The Labute approximate surface area is 81.4 Å². The third-order valence-electron chi connectivity index (χ3n) is 2.48. The summed E-state index contributed by atoms with van der Waals surface area (Å²) in [5, 5.41) is 3.53. The van der Waals surface area contributed by atoms with E-state index in [0.29, 0.717) is 6.04 Å². The molecule has 76 valence electrons. The van der Waals surface area contributed by atoms with Crippen LogP contribution in [-0.4, -0.2) is 24.8 Å². The molecule has 1 rings (SSSR count). The van der Waals surface area contributed by atoms with Crippen molar-refractivity contribution in [2.75, 3.05) is 13.2 Å². The third kappa shape index (κ3) is 3.92. The van der Waals surface area contributed by atoms with E-state index < -0.39 is 0 Å². The van der Waals surface area contributed by atoms with Gasteiger partial charge in [0.15, 0.2) is 0 Å². The Morgan fingerprint density at radius 2 is 2.38 bits per heavy atom. The van der Waals surface area contributed by atoms with Crippen molar-refractivity contribution in [1.82, 2.24) is 5.32 Å². The average Bonchev–Trinajstić information content (AvgIpc) is 2.03. The average molecular weight is 183 g/mol. The zero-order valence-electron chi connectivity index (χ0n) is 8.81. The Morgan fingerprint density at radius 1 is 1.62 bits per heavy atom. The van der Waals surface area contributed by atoms with Crippen molar-refractivity contribution in [2.45, 2.75) is 44.8 Å². The standard InChI is InChI=1S/C11H21NO/c1-4-5-7-12-10-6-8-13-11(2,3)9-10/h4,10,12H,1,5-9H2,2-3H3. The monoisotopic (exact) mass is 183 g/mol. The van der Waals surface area contributed by atoms with Crippen LogP contribution in [0.2, 0.25) is 0 Å². The fourth-order valence-corrected chi connectivity index (χ4v) is 1.80. The molecule has 0 aromatic rings. The maximum absolute atomic E-state index is 5.64. The van der Waals surface area contributed by atoms with Crippen LogP contribution in [0.3, 0.4) is 0 Å². The minimum atomic E-state index is 0.0596. The second-order valence-corrected chi connectivity index (χ2v) is 4.33. The van der Waals surface area contributed by atoms with Crippen LogP contribution in [-0.2, 0) is 4.74 Å². The third-order valence-corrected chi connectivity index (χ3v) is 2.48. The van der Waals surface area contributed by atoms with Gasteiger partial charge in [0.25, 0.3) is 0 Å². The quantitative estimate of drug-likeness (QED) is 0.532. The zero-order valence-corrected chi connectivity index (χ0v) is 8.81. The van der Waals surface area contributed by atoms with Crippen molar-refractivity contribution >= 4 is 0 Å². The highest BCUT2D eigenvalue weighted by Crippen LogP contribution is 2.23. The Bertz CT molecular complexity index is 165. The maximum atomic E-state index is 5.64. The SMILES string of the molecule is C=CCCNC1CCOC(C)(C)C1. The second-order valence-electron chi connectivity index (χ2n) is 4.33. The smallest absolute Gasteiger partial charge is 0.0641 e. The summed E-state index contributed by atoms with van der Waals surface area (Å²) in [7, 11) is 0. The van der Waals surface area contributed by atoms with Crippen molar-refractivity contribution in [3.05, 3.63) is 12.7 Å². The van der Waals surface area contributed by atoms with E-state index in [1.54, 1.807) is 0 Å². The van der Waals surface area contributed by atoms with Crippen molar-refractivity contribution in [1.29, 1.82) is 0 Å². The summed E-state index contributed by atoms with van der Waals surface area (Å²) >= 11 is 0. The summed E-state index contributed by atoms with van der Waals surface area (Å²) < 4.78 is 5.64. The molecule has 0 spiro atoms. The lowest BCUT2D eigenvalue weighted by atomic mass is 9.94. The molecule has 0 bridgehead atoms. The maximum Gasteiger partial charge on any atom is 0.0641 e. The summed E-state index contributed by atoms with van der Waals surface area (Å²) in [5.74, 6) is 0. The summed E-state index contributed by atoms with van der Waals surface area (Å²) in [6.07, 6.45) is 5.26. The van der Waals surface area contributed by atoms with Gasteiger partial charge in [-0.1, -0.05) is 6.08 Å². The largest absolute Gasteiger partial charge is 0.375 e.